The SMILES string of the molecule is CCCNC(=O)N(C)C[C@H]1Oc2cc(C#C[C@@H](C)O)ccc2S(=O)(=O)N([C@@H](C)CO)C[C@H]1C. The second-order valence-electron chi connectivity index (χ2n) is 8.46. The van der Waals surface area contributed by atoms with Gasteiger partial charge in [0.15, 0.2) is 0 Å². The summed E-state index contributed by atoms with van der Waals surface area (Å²) < 4.78 is 34.4. The number of likely N-dealkylation sites (N-methyl/N-ethyl adjacent to an activating group) is 1. The summed E-state index contributed by atoms with van der Waals surface area (Å²) in [6.45, 7) is 7.59. The number of sulfonamides is 1. The Morgan fingerprint density at radius 3 is 2.70 bits per heavy atom. The van der Waals surface area contributed by atoms with Crippen molar-refractivity contribution in [1.82, 2.24) is 14.5 Å². The Balaban J connectivity index is 2.51. The molecule has 184 valence electrons. The number of amides is 2. The number of hydrogen-bond acceptors (Lipinski definition) is 6. The van der Waals surface area contributed by atoms with Gasteiger partial charge in [-0.2, -0.15) is 4.31 Å². The van der Waals surface area contributed by atoms with Crippen LogP contribution in [0.3, 0.4) is 0 Å². The number of urea groups is 1. The highest BCUT2D eigenvalue weighted by Crippen LogP contribution is 2.34. The zero-order valence-electron chi connectivity index (χ0n) is 19.9. The van der Waals surface area contributed by atoms with Gasteiger partial charge in [0, 0.05) is 37.7 Å². The van der Waals surface area contributed by atoms with Crippen LogP contribution in [0.1, 0.15) is 39.7 Å². The summed E-state index contributed by atoms with van der Waals surface area (Å²) in [7, 11) is -2.29. The lowest BCUT2D eigenvalue weighted by Gasteiger charge is -2.37. The first-order chi connectivity index (χ1) is 15.5. The van der Waals surface area contributed by atoms with Gasteiger partial charge in [0.25, 0.3) is 0 Å². The maximum Gasteiger partial charge on any atom is 0.317 e. The van der Waals surface area contributed by atoms with Gasteiger partial charge in [-0.3, -0.25) is 0 Å². The van der Waals surface area contributed by atoms with Crippen LogP contribution in [0, 0.1) is 17.8 Å². The van der Waals surface area contributed by atoms with Crippen molar-refractivity contribution in [2.45, 2.75) is 57.3 Å². The van der Waals surface area contributed by atoms with Crippen molar-refractivity contribution in [2.24, 2.45) is 5.92 Å². The molecule has 1 heterocycles. The molecule has 0 unspecified atom stereocenters. The maximum absolute atomic E-state index is 13.4. The minimum absolute atomic E-state index is 0.0274. The fourth-order valence-corrected chi connectivity index (χ4v) is 5.25. The largest absolute Gasteiger partial charge is 0.487 e. The Labute approximate surface area is 196 Å². The van der Waals surface area contributed by atoms with E-state index in [4.69, 9.17) is 4.74 Å². The molecule has 0 aromatic heterocycles. The van der Waals surface area contributed by atoms with Crippen molar-refractivity contribution < 1.29 is 28.2 Å². The molecule has 1 aromatic carbocycles. The first-order valence-corrected chi connectivity index (χ1v) is 12.6. The first-order valence-electron chi connectivity index (χ1n) is 11.1. The number of hydrogen-bond donors (Lipinski definition) is 3. The molecule has 0 saturated carbocycles. The number of nitrogens with one attached hydrogen (secondary N) is 1. The summed E-state index contributed by atoms with van der Waals surface area (Å²) in [4.78, 5) is 13.9. The van der Waals surface area contributed by atoms with E-state index in [0.29, 0.717) is 12.1 Å². The van der Waals surface area contributed by atoms with Gasteiger partial charge >= 0.3 is 6.03 Å². The van der Waals surface area contributed by atoms with Crippen LogP contribution in [0.4, 0.5) is 4.79 Å². The average Bonchev–Trinajstić information content (AvgIpc) is 2.77. The second-order valence-corrected chi connectivity index (χ2v) is 10.3. The third-order valence-electron chi connectivity index (χ3n) is 5.42. The van der Waals surface area contributed by atoms with Crippen molar-refractivity contribution in [1.29, 1.82) is 0 Å². The fourth-order valence-electron chi connectivity index (χ4n) is 3.43. The highest BCUT2D eigenvalue weighted by atomic mass is 32.2. The van der Waals surface area contributed by atoms with Gasteiger partial charge in [-0.05, 0) is 38.5 Å². The molecule has 0 bridgehead atoms. The van der Waals surface area contributed by atoms with Gasteiger partial charge in [0.1, 0.15) is 22.9 Å². The van der Waals surface area contributed by atoms with Crippen LogP contribution in [-0.2, 0) is 10.0 Å². The van der Waals surface area contributed by atoms with E-state index in [0.717, 1.165) is 6.42 Å². The monoisotopic (exact) mass is 481 g/mol. The van der Waals surface area contributed by atoms with E-state index < -0.39 is 28.3 Å². The molecule has 1 aliphatic heterocycles. The maximum atomic E-state index is 13.4. The molecule has 1 aliphatic rings. The standard InChI is InChI=1S/C23H35N3O6S/c1-6-11-24-23(29)25(5)14-21-16(2)13-26(17(3)15-27)33(30,31)22-10-9-19(8-7-18(4)28)12-20(22)32-21/h9-10,12,16-18,21,27-28H,6,11,13-15H2,1-5H3,(H,24,29)/t16-,17+,18-,21-/m1/s1. The molecular weight excluding hydrogens is 446 g/mol. The van der Waals surface area contributed by atoms with Gasteiger partial charge < -0.3 is 25.2 Å². The van der Waals surface area contributed by atoms with Gasteiger partial charge in [-0.15, -0.1) is 0 Å². The van der Waals surface area contributed by atoms with E-state index in [1.165, 1.54) is 28.3 Å². The predicted octanol–water partition coefficient (Wildman–Crippen LogP) is 1.24. The molecule has 0 radical (unpaired) electrons. The van der Waals surface area contributed by atoms with Crippen LogP contribution in [0.5, 0.6) is 5.75 Å². The molecular formula is C23H35N3O6S. The molecule has 0 aliphatic carbocycles. The van der Waals surface area contributed by atoms with Crippen molar-refractivity contribution in [3.05, 3.63) is 23.8 Å². The van der Waals surface area contributed by atoms with E-state index in [2.05, 4.69) is 17.2 Å². The van der Waals surface area contributed by atoms with Crippen molar-refractivity contribution in [3.8, 4) is 17.6 Å². The van der Waals surface area contributed by atoms with Gasteiger partial charge in [0.2, 0.25) is 10.0 Å². The first kappa shape index (κ1) is 26.9. The number of carbonyl (C=O) groups is 1. The molecule has 4 atom stereocenters. The minimum Gasteiger partial charge on any atom is -0.487 e. The zero-order chi connectivity index (χ0) is 24.8. The van der Waals surface area contributed by atoms with Crippen LogP contribution in [0.25, 0.3) is 0 Å². The number of fused-ring (bicyclic) bond motifs is 1. The zero-order valence-corrected chi connectivity index (χ0v) is 20.7. The molecule has 0 spiro atoms. The normalized spacial score (nSPS) is 21.8. The third-order valence-corrected chi connectivity index (χ3v) is 7.44. The van der Waals surface area contributed by atoms with Crippen LogP contribution < -0.4 is 10.1 Å². The van der Waals surface area contributed by atoms with Crippen LogP contribution in [-0.4, -0.2) is 85.4 Å². The Hall–Kier alpha value is -2.32. The third kappa shape index (κ3) is 6.84. The number of aliphatic hydroxyl groups is 2. The molecule has 0 saturated heterocycles. The Morgan fingerprint density at radius 1 is 1.39 bits per heavy atom. The lowest BCUT2D eigenvalue weighted by molar-refractivity contribution is 0.0812. The summed E-state index contributed by atoms with van der Waals surface area (Å²) in [6.07, 6.45) is -0.531. The molecule has 1 aromatic rings. The summed E-state index contributed by atoms with van der Waals surface area (Å²) >= 11 is 0. The lowest BCUT2D eigenvalue weighted by atomic mass is 10.0. The highest BCUT2D eigenvalue weighted by molar-refractivity contribution is 7.89. The van der Waals surface area contributed by atoms with Gasteiger partial charge in [0.05, 0.1) is 13.2 Å². The minimum atomic E-state index is -3.96. The quantitative estimate of drug-likeness (QED) is 0.526. The number of nitrogens with zero attached hydrogens (tertiary/aromatic N) is 2. The molecule has 0 fully saturated rings. The highest BCUT2D eigenvalue weighted by Gasteiger charge is 2.38. The summed E-state index contributed by atoms with van der Waals surface area (Å²) in [5, 5.41) is 22.0. The summed E-state index contributed by atoms with van der Waals surface area (Å²) in [6, 6.07) is 3.65. The predicted molar refractivity (Wildman–Crippen MR) is 125 cm³/mol. The van der Waals surface area contributed by atoms with E-state index in [9.17, 15) is 23.4 Å². The molecule has 10 heteroatoms. The van der Waals surface area contributed by atoms with E-state index in [1.807, 2.05) is 13.8 Å². The van der Waals surface area contributed by atoms with Crippen molar-refractivity contribution in [2.75, 3.05) is 33.3 Å². The topological polar surface area (TPSA) is 119 Å². The second kappa shape index (κ2) is 11.7. The molecule has 33 heavy (non-hydrogen) atoms. The Morgan fingerprint density at radius 2 is 2.09 bits per heavy atom. The van der Waals surface area contributed by atoms with Crippen LogP contribution in [0.15, 0.2) is 23.1 Å². The lowest BCUT2D eigenvalue weighted by Crippen LogP contribution is -2.51. The average molecular weight is 482 g/mol. The van der Waals surface area contributed by atoms with E-state index in [-0.39, 0.29) is 42.3 Å². The number of rotatable bonds is 6. The number of carbonyl (C=O) groups excluding carboxylic acids is 1. The number of ether oxygens (including phenoxy) is 1. The van der Waals surface area contributed by atoms with Gasteiger partial charge in [-0.25, -0.2) is 13.2 Å². The number of benzene rings is 1. The Bertz CT molecular complexity index is 986. The van der Waals surface area contributed by atoms with E-state index in [1.54, 1.807) is 20.0 Å². The molecule has 2 rings (SSSR count). The fraction of sp³-hybridized carbons (Fsp3) is 0.609. The number of aliphatic hydroxyl groups excluding tert-OH is 2. The Kier molecular flexibility index (Phi) is 9.55. The van der Waals surface area contributed by atoms with E-state index >= 15 is 0 Å². The molecule has 3 N–H and O–H groups in total. The van der Waals surface area contributed by atoms with Crippen molar-refractivity contribution >= 4 is 16.1 Å². The van der Waals surface area contributed by atoms with Crippen molar-refractivity contribution in [3.63, 3.8) is 0 Å². The van der Waals surface area contributed by atoms with Crippen LogP contribution in [0.2, 0.25) is 0 Å². The summed E-state index contributed by atoms with van der Waals surface area (Å²) in [5.41, 5.74) is 0.493. The van der Waals surface area contributed by atoms with Crippen LogP contribution >= 0.6 is 0 Å². The molecule has 2 amide bonds. The smallest absolute Gasteiger partial charge is 0.317 e. The summed E-state index contributed by atoms with van der Waals surface area (Å²) in [5.74, 6) is 5.29. The molecule has 9 nitrogen and oxygen atoms in total. The van der Waals surface area contributed by atoms with Gasteiger partial charge in [-0.1, -0.05) is 25.7 Å².